The van der Waals surface area contributed by atoms with Crippen molar-refractivity contribution >= 4 is 34.6 Å². The molecule has 0 bridgehead atoms. The van der Waals surface area contributed by atoms with Gasteiger partial charge in [-0.05, 0) is 54.8 Å². The Hall–Kier alpha value is -2.57. The first kappa shape index (κ1) is 23.1. The number of rotatable bonds is 9. The molecule has 0 amide bonds. The summed E-state index contributed by atoms with van der Waals surface area (Å²) >= 11 is 7.73. The van der Waals surface area contributed by atoms with Gasteiger partial charge in [0.05, 0.1) is 32.3 Å². The Kier molecular flexibility index (Phi) is 8.32. The van der Waals surface area contributed by atoms with E-state index in [2.05, 4.69) is 11.2 Å². The normalized spacial score (nSPS) is 14.8. The van der Waals surface area contributed by atoms with Gasteiger partial charge in [-0.2, -0.15) is 0 Å². The van der Waals surface area contributed by atoms with Gasteiger partial charge < -0.3 is 14.3 Å². The van der Waals surface area contributed by atoms with E-state index in [-0.39, 0.29) is 12.4 Å². The van der Waals surface area contributed by atoms with Crippen LogP contribution < -0.4 is 0 Å². The second-order valence-corrected chi connectivity index (χ2v) is 8.47. The number of carbonyl (C=O) groups excluding carboxylic acids is 1. The molecule has 1 aromatic heterocycles. The molecule has 0 radical (unpaired) electrons. The van der Waals surface area contributed by atoms with Crippen LogP contribution in [-0.2, 0) is 31.9 Å². The van der Waals surface area contributed by atoms with Crippen molar-refractivity contribution in [3.63, 3.8) is 0 Å². The second-order valence-electron chi connectivity index (χ2n) is 6.89. The molecule has 0 unspecified atom stereocenters. The summed E-state index contributed by atoms with van der Waals surface area (Å²) in [5.74, 6) is 0.614. The molecule has 1 aromatic carbocycles. The van der Waals surface area contributed by atoms with Crippen LogP contribution >= 0.6 is 22.9 Å². The van der Waals surface area contributed by atoms with E-state index in [4.69, 9.17) is 25.9 Å². The molecule has 0 N–H and O–H groups in total. The number of ether oxygens (including phenoxy) is 2. The zero-order valence-corrected chi connectivity index (χ0v) is 19.5. The van der Waals surface area contributed by atoms with Crippen LogP contribution in [0, 0.1) is 0 Å². The van der Waals surface area contributed by atoms with E-state index < -0.39 is 0 Å². The summed E-state index contributed by atoms with van der Waals surface area (Å²) in [6.07, 6.45) is 5.50. The third-order valence-electron chi connectivity index (χ3n) is 4.72. The molecule has 0 saturated heterocycles. The summed E-state index contributed by atoms with van der Waals surface area (Å²) in [7, 11) is 1.66. The first-order valence-corrected chi connectivity index (χ1v) is 11.4. The summed E-state index contributed by atoms with van der Waals surface area (Å²) < 4.78 is 10.6. The Morgan fingerprint density at radius 1 is 1.16 bits per heavy atom. The fraction of sp³-hybridized carbons (Fsp3) is 0.333. The van der Waals surface area contributed by atoms with E-state index >= 15 is 0 Å². The number of hydrogen-bond donors (Lipinski definition) is 0. The number of nitrogens with zero attached hydrogens (tertiary/aromatic N) is 1. The maximum atomic E-state index is 12.2. The predicted octanol–water partition coefficient (Wildman–Crippen LogP) is 5.97. The monoisotopic (exact) mass is 459 g/mol. The van der Waals surface area contributed by atoms with Gasteiger partial charge in [0.25, 0.3) is 0 Å². The maximum absolute atomic E-state index is 12.2. The largest absolute Gasteiger partial charge is 0.501 e. The van der Waals surface area contributed by atoms with E-state index in [1.54, 1.807) is 18.4 Å². The summed E-state index contributed by atoms with van der Waals surface area (Å²) in [6.45, 7) is 4.59. The first-order valence-electron chi connectivity index (χ1n) is 10.2. The molecule has 5 nitrogen and oxygen atoms in total. The standard InChI is InChI=1S/C24H26ClNO4S/c1-4-29-23(27)14-18-13-21(31-24(18)16-6-9-19(25)10-7-16)12-17-8-11-20(28-3)15-22(17)26-30-5-2/h6-11,13H,4-5,12,14-15H2,1-3H3. The van der Waals surface area contributed by atoms with Gasteiger partial charge in [0.2, 0.25) is 0 Å². The van der Waals surface area contributed by atoms with Crippen LogP contribution in [0.5, 0.6) is 0 Å². The molecule has 31 heavy (non-hydrogen) atoms. The highest BCUT2D eigenvalue weighted by Crippen LogP contribution is 2.36. The Morgan fingerprint density at radius 2 is 1.94 bits per heavy atom. The third kappa shape index (κ3) is 6.21. The molecule has 0 fully saturated rings. The van der Waals surface area contributed by atoms with Gasteiger partial charge in [-0.25, -0.2) is 0 Å². The van der Waals surface area contributed by atoms with E-state index in [1.807, 2.05) is 50.3 Å². The molecule has 0 atom stereocenters. The average Bonchev–Trinajstić information content (AvgIpc) is 3.15. The van der Waals surface area contributed by atoms with Crippen LogP contribution in [0.4, 0.5) is 0 Å². The van der Waals surface area contributed by atoms with Crippen LogP contribution in [0.3, 0.4) is 0 Å². The van der Waals surface area contributed by atoms with Crippen LogP contribution in [0.2, 0.25) is 5.02 Å². The number of carbonyl (C=O) groups is 1. The number of halogens is 1. The number of allylic oxidation sites excluding steroid dienone is 4. The molecule has 1 aliphatic rings. The van der Waals surface area contributed by atoms with E-state index in [9.17, 15) is 4.79 Å². The van der Waals surface area contributed by atoms with Gasteiger partial charge in [-0.15, -0.1) is 11.3 Å². The zero-order chi connectivity index (χ0) is 22.2. The minimum atomic E-state index is -0.231. The van der Waals surface area contributed by atoms with Gasteiger partial charge in [-0.3, -0.25) is 4.79 Å². The number of methoxy groups -OCH3 is 1. The Bertz CT molecular complexity index is 1010. The van der Waals surface area contributed by atoms with Crippen molar-refractivity contribution in [2.45, 2.75) is 33.1 Å². The molecule has 2 aromatic rings. The fourth-order valence-electron chi connectivity index (χ4n) is 3.27. The third-order valence-corrected chi connectivity index (χ3v) is 6.20. The van der Waals surface area contributed by atoms with E-state index in [0.717, 1.165) is 37.9 Å². The lowest BCUT2D eigenvalue weighted by Crippen LogP contribution is -2.12. The lowest BCUT2D eigenvalue weighted by Gasteiger charge is -2.15. The van der Waals surface area contributed by atoms with Crippen LogP contribution in [0.1, 0.15) is 30.7 Å². The molecule has 164 valence electrons. The van der Waals surface area contributed by atoms with Crippen LogP contribution in [0.15, 0.2) is 59.0 Å². The average molecular weight is 460 g/mol. The minimum Gasteiger partial charge on any atom is -0.501 e. The molecule has 0 aliphatic heterocycles. The zero-order valence-electron chi connectivity index (χ0n) is 17.9. The number of esters is 1. The molecular weight excluding hydrogens is 434 g/mol. The molecular formula is C24H26ClNO4S. The highest BCUT2D eigenvalue weighted by Gasteiger charge is 2.20. The van der Waals surface area contributed by atoms with Gasteiger partial charge in [-0.1, -0.05) is 35.0 Å². The number of oxime groups is 1. The van der Waals surface area contributed by atoms with Gasteiger partial charge >= 0.3 is 5.97 Å². The smallest absolute Gasteiger partial charge is 0.310 e. The Morgan fingerprint density at radius 3 is 2.61 bits per heavy atom. The number of benzene rings is 1. The Balaban J connectivity index is 1.93. The minimum absolute atomic E-state index is 0.231. The highest BCUT2D eigenvalue weighted by atomic mass is 35.5. The second kappa shape index (κ2) is 11.2. The lowest BCUT2D eigenvalue weighted by molar-refractivity contribution is -0.142. The van der Waals surface area contributed by atoms with Crippen molar-refractivity contribution in [1.82, 2.24) is 0 Å². The van der Waals surface area contributed by atoms with E-state index in [0.29, 0.717) is 31.1 Å². The molecule has 0 spiro atoms. The molecule has 3 rings (SSSR count). The maximum Gasteiger partial charge on any atom is 0.310 e. The Labute approximate surface area is 192 Å². The first-order chi connectivity index (χ1) is 15.0. The highest BCUT2D eigenvalue weighted by molar-refractivity contribution is 7.15. The van der Waals surface area contributed by atoms with Gasteiger partial charge in [0.15, 0.2) is 0 Å². The topological polar surface area (TPSA) is 57.1 Å². The lowest BCUT2D eigenvalue weighted by atomic mass is 9.97. The summed E-state index contributed by atoms with van der Waals surface area (Å²) in [4.78, 5) is 19.7. The van der Waals surface area contributed by atoms with Crippen molar-refractivity contribution in [2.24, 2.45) is 5.16 Å². The van der Waals surface area contributed by atoms with Gasteiger partial charge in [0.1, 0.15) is 12.4 Å². The van der Waals surface area contributed by atoms with Crippen molar-refractivity contribution in [2.75, 3.05) is 20.3 Å². The fourth-order valence-corrected chi connectivity index (χ4v) is 4.60. The van der Waals surface area contributed by atoms with Crippen molar-refractivity contribution in [3.8, 4) is 10.4 Å². The van der Waals surface area contributed by atoms with Crippen LogP contribution in [-0.4, -0.2) is 32.0 Å². The quantitative estimate of drug-likeness (QED) is 0.342. The molecule has 1 aliphatic carbocycles. The summed E-state index contributed by atoms with van der Waals surface area (Å²) in [5.41, 5.74) is 3.91. The summed E-state index contributed by atoms with van der Waals surface area (Å²) in [6, 6.07) is 9.75. The molecule has 1 heterocycles. The number of thiophene rings is 1. The SMILES string of the molecule is CCON=C1CC(OC)=CC=C1Cc1cc(CC(=O)OCC)c(-c2ccc(Cl)cc2)s1. The van der Waals surface area contributed by atoms with Crippen LogP contribution in [0.25, 0.3) is 10.4 Å². The predicted molar refractivity (Wildman–Crippen MR) is 126 cm³/mol. The van der Waals surface area contributed by atoms with Crippen molar-refractivity contribution in [1.29, 1.82) is 0 Å². The van der Waals surface area contributed by atoms with E-state index in [1.165, 1.54) is 0 Å². The van der Waals surface area contributed by atoms with Gasteiger partial charge in [0, 0.05) is 21.2 Å². The molecule has 0 saturated carbocycles. The summed E-state index contributed by atoms with van der Waals surface area (Å²) in [5, 5.41) is 4.97. The molecule has 7 heteroatoms. The number of hydrogen-bond acceptors (Lipinski definition) is 6. The van der Waals surface area contributed by atoms with Crippen molar-refractivity contribution in [3.05, 3.63) is 69.3 Å². The van der Waals surface area contributed by atoms with Crippen molar-refractivity contribution < 1.29 is 19.1 Å².